The van der Waals surface area contributed by atoms with E-state index < -0.39 is 0 Å². The van der Waals surface area contributed by atoms with Crippen LogP contribution in [0.5, 0.6) is 0 Å². The van der Waals surface area contributed by atoms with Crippen molar-refractivity contribution >= 4 is 0 Å². The lowest BCUT2D eigenvalue weighted by Crippen LogP contribution is -2.39. The van der Waals surface area contributed by atoms with Crippen molar-refractivity contribution in [3.63, 3.8) is 0 Å². The Labute approximate surface area is 93.8 Å². The molecule has 15 heavy (non-hydrogen) atoms. The number of ether oxygens (including phenoxy) is 1. The van der Waals surface area contributed by atoms with E-state index in [9.17, 15) is 0 Å². The van der Waals surface area contributed by atoms with Crippen LogP contribution in [0, 0.1) is 5.92 Å². The highest BCUT2D eigenvalue weighted by atomic mass is 16.5. The van der Waals surface area contributed by atoms with Crippen LogP contribution in [0.15, 0.2) is 0 Å². The molecule has 0 aromatic carbocycles. The van der Waals surface area contributed by atoms with Crippen LogP contribution in [-0.4, -0.2) is 25.3 Å². The summed E-state index contributed by atoms with van der Waals surface area (Å²) in [7, 11) is 0. The summed E-state index contributed by atoms with van der Waals surface area (Å²) in [6, 6.07) is 0.689. The second kappa shape index (κ2) is 5.86. The highest BCUT2D eigenvalue weighted by Crippen LogP contribution is 2.26. The molecule has 0 aromatic rings. The average Bonchev–Trinajstić information content (AvgIpc) is 2.80. The first-order valence-electron chi connectivity index (χ1n) is 6.71. The summed E-state index contributed by atoms with van der Waals surface area (Å²) >= 11 is 0. The fourth-order valence-corrected chi connectivity index (χ4v) is 2.92. The minimum Gasteiger partial charge on any atom is -0.377 e. The van der Waals surface area contributed by atoms with Crippen molar-refractivity contribution in [3.8, 4) is 0 Å². The van der Waals surface area contributed by atoms with Gasteiger partial charge in [-0.3, -0.25) is 0 Å². The fourth-order valence-electron chi connectivity index (χ4n) is 2.92. The van der Waals surface area contributed by atoms with Crippen LogP contribution in [0.3, 0.4) is 0 Å². The SMILES string of the molecule is C[C@H](NC[C@H]1CCCO1)C1CCCCC1. The van der Waals surface area contributed by atoms with Gasteiger partial charge in [0.2, 0.25) is 0 Å². The van der Waals surface area contributed by atoms with Gasteiger partial charge in [0.15, 0.2) is 0 Å². The van der Waals surface area contributed by atoms with E-state index in [0.29, 0.717) is 12.1 Å². The first-order chi connectivity index (χ1) is 7.36. The van der Waals surface area contributed by atoms with Crippen LogP contribution in [0.25, 0.3) is 0 Å². The lowest BCUT2D eigenvalue weighted by Gasteiger charge is -2.29. The second-order valence-corrected chi connectivity index (χ2v) is 5.23. The maximum absolute atomic E-state index is 5.63. The van der Waals surface area contributed by atoms with Crippen LogP contribution in [0.4, 0.5) is 0 Å². The molecule has 0 spiro atoms. The van der Waals surface area contributed by atoms with Crippen molar-refractivity contribution in [1.82, 2.24) is 5.32 Å². The minimum atomic E-state index is 0.496. The van der Waals surface area contributed by atoms with Gasteiger partial charge in [0.25, 0.3) is 0 Å². The Balaban J connectivity index is 1.64. The molecule has 0 bridgehead atoms. The molecule has 1 aliphatic heterocycles. The van der Waals surface area contributed by atoms with Gasteiger partial charge in [-0.1, -0.05) is 19.3 Å². The third-order valence-corrected chi connectivity index (χ3v) is 4.05. The molecule has 2 atom stereocenters. The Morgan fingerprint density at radius 2 is 1.93 bits per heavy atom. The molecule has 1 saturated heterocycles. The van der Waals surface area contributed by atoms with Crippen molar-refractivity contribution < 1.29 is 4.74 Å². The number of nitrogens with one attached hydrogen (secondary N) is 1. The molecule has 0 aromatic heterocycles. The smallest absolute Gasteiger partial charge is 0.0700 e. The molecule has 1 saturated carbocycles. The lowest BCUT2D eigenvalue weighted by molar-refractivity contribution is 0.104. The zero-order chi connectivity index (χ0) is 10.5. The van der Waals surface area contributed by atoms with Crippen LogP contribution in [0.2, 0.25) is 0 Å². The fraction of sp³-hybridized carbons (Fsp3) is 1.00. The summed E-state index contributed by atoms with van der Waals surface area (Å²) in [5, 5.41) is 3.67. The summed E-state index contributed by atoms with van der Waals surface area (Å²) in [4.78, 5) is 0. The molecule has 2 rings (SSSR count). The first kappa shape index (κ1) is 11.4. The molecule has 2 nitrogen and oxygen atoms in total. The van der Waals surface area contributed by atoms with Crippen LogP contribution >= 0.6 is 0 Å². The molecule has 0 radical (unpaired) electrons. The molecule has 2 fully saturated rings. The van der Waals surface area contributed by atoms with Gasteiger partial charge in [-0.25, -0.2) is 0 Å². The van der Waals surface area contributed by atoms with Crippen LogP contribution in [0.1, 0.15) is 51.9 Å². The van der Waals surface area contributed by atoms with Gasteiger partial charge in [0.1, 0.15) is 0 Å². The Kier molecular flexibility index (Phi) is 4.45. The van der Waals surface area contributed by atoms with Crippen LogP contribution < -0.4 is 5.32 Å². The highest BCUT2D eigenvalue weighted by molar-refractivity contribution is 4.78. The number of hydrogen-bond donors (Lipinski definition) is 1. The quantitative estimate of drug-likeness (QED) is 0.772. The predicted molar refractivity (Wildman–Crippen MR) is 63.0 cm³/mol. The van der Waals surface area contributed by atoms with Gasteiger partial charge >= 0.3 is 0 Å². The van der Waals surface area contributed by atoms with Crippen molar-refractivity contribution in [3.05, 3.63) is 0 Å². The van der Waals surface area contributed by atoms with Crippen molar-refractivity contribution in [2.24, 2.45) is 5.92 Å². The van der Waals surface area contributed by atoms with Crippen LogP contribution in [-0.2, 0) is 4.74 Å². The molecule has 1 N–H and O–H groups in total. The van der Waals surface area contributed by atoms with Crippen molar-refractivity contribution in [2.75, 3.05) is 13.2 Å². The van der Waals surface area contributed by atoms with E-state index in [0.717, 1.165) is 19.1 Å². The topological polar surface area (TPSA) is 21.3 Å². The van der Waals surface area contributed by atoms with E-state index in [4.69, 9.17) is 4.74 Å². The Hall–Kier alpha value is -0.0800. The molecule has 88 valence electrons. The standard InChI is InChI=1S/C13H25NO/c1-11(12-6-3-2-4-7-12)14-10-13-8-5-9-15-13/h11-14H,2-10H2,1H3/t11-,13+/m0/s1. The zero-order valence-electron chi connectivity index (χ0n) is 10.0. The Bertz CT molecular complexity index is 171. The lowest BCUT2D eigenvalue weighted by atomic mass is 9.84. The second-order valence-electron chi connectivity index (χ2n) is 5.23. The average molecular weight is 211 g/mol. The van der Waals surface area contributed by atoms with Gasteiger partial charge in [-0.15, -0.1) is 0 Å². The molecule has 1 aliphatic carbocycles. The van der Waals surface area contributed by atoms with E-state index in [-0.39, 0.29) is 0 Å². The number of hydrogen-bond acceptors (Lipinski definition) is 2. The van der Waals surface area contributed by atoms with Gasteiger partial charge in [0, 0.05) is 19.2 Å². The number of rotatable bonds is 4. The zero-order valence-corrected chi connectivity index (χ0v) is 10.0. The molecule has 2 heteroatoms. The van der Waals surface area contributed by atoms with E-state index in [1.165, 1.54) is 44.9 Å². The van der Waals surface area contributed by atoms with Gasteiger partial charge in [-0.05, 0) is 38.5 Å². The summed E-state index contributed by atoms with van der Waals surface area (Å²) in [6.45, 7) is 4.40. The highest BCUT2D eigenvalue weighted by Gasteiger charge is 2.21. The van der Waals surface area contributed by atoms with E-state index in [1.807, 2.05) is 0 Å². The molecule has 1 heterocycles. The molecule has 2 aliphatic rings. The monoisotopic (exact) mass is 211 g/mol. The maximum Gasteiger partial charge on any atom is 0.0700 e. The normalized spacial score (nSPS) is 30.6. The molecule has 0 amide bonds. The van der Waals surface area contributed by atoms with Gasteiger partial charge in [-0.2, -0.15) is 0 Å². The Morgan fingerprint density at radius 3 is 2.60 bits per heavy atom. The third-order valence-electron chi connectivity index (χ3n) is 4.05. The third kappa shape index (κ3) is 3.46. The summed E-state index contributed by atoms with van der Waals surface area (Å²) < 4.78 is 5.63. The van der Waals surface area contributed by atoms with Gasteiger partial charge in [0.05, 0.1) is 6.10 Å². The van der Waals surface area contributed by atoms with E-state index in [1.54, 1.807) is 0 Å². The summed E-state index contributed by atoms with van der Waals surface area (Å²) in [5.74, 6) is 0.917. The summed E-state index contributed by atoms with van der Waals surface area (Å²) in [6.07, 6.45) is 10.2. The maximum atomic E-state index is 5.63. The Morgan fingerprint density at radius 1 is 1.13 bits per heavy atom. The van der Waals surface area contributed by atoms with Crippen molar-refractivity contribution in [2.45, 2.75) is 64.0 Å². The summed E-state index contributed by atoms with van der Waals surface area (Å²) in [5.41, 5.74) is 0. The van der Waals surface area contributed by atoms with E-state index >= 15 is 0 Å². The molecular weight excluding hydrogens is 186 g/mol. The largest absolute Gasteiger partial charge is 0.377 e. The first-order valence-corrected chi connectivity index (χ1v) is 6.71. The van der Waals surface area contributed by atoms with E-state index in [2.05, 4.69) is 12.2 Å². The minimum absolute atomic E-state index is 0.496. The predicted octanol–water partition coefficient (Wildman–Crippen LogP) is 2.72. The van der Waals surface area contributed by atoms with Gasteiger partial charge < -0.3 is 10.1 Å². The molecular formula is C13H25NO. The molecule has 0 unspecified atom stereocenters. The van der Waals surface area contributed by atoms with Crippen molar-refractivity contribution in [1.29, 1.82) is 0 Å².